The number of furan rings is 1. The van der Waals surface area contributed by atoms with Crippen molar-refractivity contribution in [2.45, 2.75) is 65.6 Å². The third kappa shape index (κ3) is 3.64. The SMILES string of the molecule is Cc1oc(CNC2CC2)cc1CN1CCCC(C)(C)C1. The predicted octanol–water partition coefficient (Wildman–Crippen LogP) is 3.46. The maximum Gasteiger partial charge on any atom is 0.118 e. The van der Waals surface area contributed by atoms with Gasteiger partial charge in [0.2, 0.25) is 0 Å². The van der Waals surface area contributed by atoms with Crippen LogP contribution in [0.3, 0.4) is 0 Å². The Morgan fingerprint density at radius 2 is 2.20 bits per heavy atom. The van der Waals surface area contributed by atoms with Gasteiger partial charge in [0.15, 0.2) is 0 Å². The highest BCUT2D eigenvalue weighted by Gasteiger charge is 2.27. The highest BCUT2D eigenvalue weighted by atomic mass is 16.3. The summed E-state index contributed by atoms with van der Waals surface area (Å²) in [5.41, 5.74) is 1.84. The van der Waals surface area contributed by atoms with Crippen molar-refractivity contribution in [1.29, 1.82) is 0 Å². The van der Waals surface area contributed by atoms with Gasteiger partial charge < -0.3 is 9.73 Å². The second-order valence-electron chi connectivity index (χ2n) is 7.43. The Labute approximate surface area is 122 Å². The first-order chi connectivity index (χ1) is 9.52. The lowest BCUT2D eigenvalue weighted by molar-refractivity contribution is 0.111. The first-order valence-electron chi connectivity index (χ1n) is 8.06. The minimum atomic E-state index is 0.465. The molecule has 2 aliphatic rings. The van der Waals surface area contributed by atoms with Gasteiger partial charge in [-0.15, -0.1) is 0 Å². The standard InChI is InChI=1S/C17H28N2O/c1-13-14(9-16(20-13)10-18-15-5-6-15)11-19-8-4-7-17(2,3)12-19/h9,15,18H,4-8,10-12H2,1-3H3. The molecule has 1 aliphatic heterocycles. The van der Waals surface area contributed by atoms with E-state index < -0.39 is 0 Å². The van der Waals surface area contributed by atoms with E-state index in [0.717, 1.165) is 30.7 Å². The number of hydrogen-bond acceptors (Lipinski definition) is 3. The van der Waals surface area contributed by atoms with E-state index in [9.17, 15) is 0 Å². The third-order valence-electron chi connectivity index (χ3n) is 4.59. The molecular weight excluding hydrogens is 248 g/mol. The largest absolute Gasteiger partial charge is 0.465 e. The molecule has 0 unspecified atom stereocenters. The smallest absolute Gasteiger partial charge is 0.118 e. The molecule has 1 aliphatic carbocycles. The number of hydrogen-bond donors (Lipinski definition) is 1. The van der Waals surface area contributed by atoms with Crippen LogP contribution in [0, 0.1) is 12.3 Å². The second kappa shape index (κ2) is 5.53. The number of likely N-dealkylation sites (tertiary alicyclic amines) is 1. The molecule has 0 bridgehead atoms. The minimum absolute atomic E-state index is 0.465. The minimum Gasteiger partial charge on any atom is -0.465 e. The predicted molar refractivity (Wildman–Crippen MR) is 81.6 cm³/mol. The summed E-state index contributed by atoms with van der Waals surface area (Å²) in [6.07, 6.45) is 5.33. The Morgan fingerprint density at radius 1 is 1.40 bits per heavy atom. The van der Waals surface area contributed by atoms with E-state index >= 15 is 0 Å². The molecule has 2 fully saturated rings. The van der Waals surface area contributed by atoms with Crippen LogP contribution >= 0.6 is 0 Å². The first-order valence-corrected chi connectivity index (χ1v) is 8.06. The zero-order valence-electron chi connectivity index (χ0n) is 13.2. The van der Waals surface area contributed by atoms with Gasteiger partial charge in [-0.2, -0.15) is 0 Å². The van der Waals surface area contributed by atoms with Gasteiger partial charge in [0.25, 0.3) is 0 Å². The number of aryl methyl sites for hydroxylation is 1. The number of piperidine rings is 1. The van der Waals surface area contributed by atoms with Crippen molar-refractivity contribution in [3.63, 3.8) is 0 Å². The second-order valence-corrected chi connectivity index (χ2v) is 7.43. The van der Waals surface area contributed by atoms with Gasteiger partial charge in [-0.1, -0.05) is 13.8 Å². The lowest BCUT2D eigenvalue weighted by Crippen LogP contribution is -2.39. The zero-order valence-corrected chi connectivity index (χ0v) is 13.2. The molecule has 3 heteroatoms. The van der Waals surface area contributed by atoms with Gasteiger partial charge in [0, 0.05) is 24.7 Å². The fourth-order valence-electron chi connectivity index (χ4n) is 3.28. The van der Waals surface area contributed by atoms with E-state index in [1.54, 1.807) is 0 Å². The van der Waals surface area contributed by atoms with Gasteiger partial charge in [0.05, 0.1) is 6.54 Å². The monoisotopic (exact) mass is 276 g/mol. The van der Waals surface area contributed by atoms with Crippen LogP contribution in [0.2, 0.25) is 0 Å². The molecule has 0 amide bonds. The van der Waals surface area contributed by atoms with Crippen LogP contribution in [-0.2, 0) is 13.1 Å². The summed E-state index contributed by atoms with van der Waals surface area (Å²) in [7, 11) is 0. The Hall–Kier alpha value is -0.800. The Balaban J connectivity index is 1.58. The molecule has 1 N–H and O–H groups in total. The fraction of sp³-hybridized carbons (Fsp3) is 0.765. The summed E-state index contributed by atoms with van der Waals surface area (Å²) in [4.78, 5) is 2.58. The summed E-state index contributed by atoms with van der Waals surface area (Å²) in [5, 5.41) is 3.52. The molecule has 112 valence electrons. The first kappa shape index (κ1) is 14.2. The van der Waals surface area contributed by atoms with Gasteiger partial charge in [0.1, 0.15) is 11.5 Å². The summed E-state index contributed by atoms with van der Waals surface area (Å²) < 4.78 is 5.90. The quantitative estimate of drug-likeness (QED) is 0.892. The van der Waals surface area contributed by atoms with E-state index in [-0.39, 0.29) is 0 Å². The van der Waals surface area contributed by atoms with E-state index in [1.807, 2.05) is 0 Å². The molecule has 0 aromatic carbocycles. The molecule has 3 nitrogen and oxygen atoms in total. The molecule has 0 atom stereocenters. The van der Waals surface area contributed by atoms with E-state index in [2.05, 4.69) is 37.1 Å². The van der Waals surface area contributed by atoms with E-state index in [0.29, 0.717) is 5.41 Å². The molecule has 20 heavy (non-hydrogen) atoms. The molecule has 3 rings (SSSR count). The van der Waals surface area contributed by atoms with Crippen molar-refractivity contribution in [3.05, 3.63) is 23.2 Å². The summed E-state index contributed by atoms with van der Waals surface area (Å²) >= 11 is 0. The third-order valence-corrected chi connectivity index (χ3v) is 4.59. The zero-order chi connectivity index (χ0) is 14.2. The molecule has 1 aromatic rings. The van der Waals surface area contributed by atoms with Gasteiger partial charge in [-0.05, 0) is 50.6 Å². The van der Waals surface area contributed by atoms with Gasteiger partial charge in [-0.3, -0.25) is 4.90 Å². The maximum absolute atomic E-state index is 5.90. The van der Waals surface area contributed by atoms with Crippen molar-refractivity contribution < 1.29 is 4.42 Å². The Kier molecular flexibility index (Phi) is 3.91. The molecule has 0 spiro atoms. The molecule has 1 saturated carbocycles. The highest BCUT2D eigenvalue weighted by Crippen LogP contribution is 2.30. The number of nitrogens with zero attached hydrogens (tertiary/aromatic N) is 1. The van der Waals surface area contributed by atoms with Crippen LogP contribution in [0.4, 0.5) is 0 Å². The van der Waals surface area contributed by atoms with E-state index in [1.165, 1.54) is 44.3 Å². The average molecular weight is 276 g/mol. The van der Waals surface area contributed by atoms with Gasteiger partial charge in [-0.25, -0.2) is 0 Å². The Bertz CT molecular complexity index is 460. The van der Waals surface area contributed by atoms with Crippen molar-refractivity contribution in [2.75, 3.05) is 13.1 Å². The number of nitrogens with one attached hydrogen (secondary N) is 1. The average Bonchev–Trinajstić information content (AvgIpc) is 3.12. The van der Waals surface area contributed by atoms with E-state index in [4.69, 9.17) is 4.42 Å². The maximum atomic E-state index is 5.90. The van der Waals surface area contributed by atoms with Crippen molar-refractivity contribution in [1.82, 2.24) is 10.2 Å². The highest BCUT2D eigenvalue weighted by molar-refractivity contribution is 5.21. The molecule has 0 radical (unpaired) electrons. The fourth-order valence-corrected chi connectivity index (χ4v) is 3.28. The summed E-state index contributed by atoms with van der Waals surface area (Å²) in [5.74, 6) is 2.20. The lowest BCUT2D eigenvalue weighted by Gasteiger charge is -2.37. The molecular formula is C17H28N2O. The van der Waals surface area contributed by atoms with Crippen LogP contribution in [0.1, 0.15) is 56.6 Å². The summed E-state index contributed by atoms with van der Waals surface area (Å²) in [6, 6.07) is 3.00. The topological polar surface area (TPSA) is 28.4 Å². The number of rotatable bonds is 5. The van der Waals surface area contributed by atoms with Crippen molar-refractivity contribution in [3.8, 4) is 0 Å². The lowest BCUT2D eigenvalue weighted by atomic mass is 9.84. The van der Waals surface area contributed by atoms with Crippen LogP contribution in [0.15, 0.2) is 10.5 Å². The van der Waals surface area contributed by atoms with Gasteiger partial charge >= 0.3 is 0 Å². The molecule has 2 heterocycles. The van der Waals surface area contributed by atoms with Crippen LogP contribution in [-0.4, -0.2) is 24.0 Å². The van der Waals surface area contributed by atoms with Crippen LogP contribution in [0.25, 0.3) is 0 Å². The van der Waals surface area contributed by atoms with Crippen molar-refractivity contribution in [2.24, 2.45) is 5.41 Å². The van der Waals surface area contributed by atoms with Crippen LogP contribution < -0.4 is 5.32 Å². The normalized spacial score (nSPS) is 23.1. The molecule has 1 saturated heterocycles. The molecule has 1 aromatic heterocycles. The van der Waals surface area contributed by atoms with Crippen molar-refractivity contribution >= 4 is 0 Å². The summed E-state index contributed by atoms with van der Waals surface area (Å²) in [6.45, 7) is 11.2. The van der Waals surface area contributed by atoms with Crippen LogP contribution in [0.5, 0.6) is 0 Å². The Morgan fingerprint density at radius 3 is 2.90 bits per heavy atom.